The van der Waals surface area contributed by atoms with Crippen LogP contribution < -0.4 is 0 Å². The third-order valence-corrected chi connectivity index (χ3v) is 4.10. The molecule has 3 aromatic rings. The van der Waals surface area contributed by atoms with Gasteiger partial charge in [-0.1, -0.05) is 24.1 Å². The number of nitrogens with zero attached hydrogens (tertiary/aromatic N) is 4. The summed E-state index contributed by atoms with van der Waals surface area (Å²) < 4.78 is 5.40. The summed E-state index contributed by atoms with van der Waals surface area (Å²) in [4.78, 5) is 13.3. The van der Waals surface area contributed by atoms with Crippen molar-refractivity contribution in [3.8, 4) is 22.8 Å². The lowest BCUT2D eigenvalue weighted by Crippen LogP contribution is -1.92. The van der Waals surface area contributed by atoms with E-state index in [-0.39, 0.29) is 0 Å². The number of pyridine rings is 2. The van der Waals surface area contributed by atoms with Crippen molar-refractivity contribution in [2.45, 2.75) is 31.6 Å². The molecule has 0 spiro atoms. The SMILES string of the molecule is c1ccc(-c2ccc(-c3noc(C4CCCC4)n3)nc2)nc1. The van der Waals surface area contributed by atoms with Crippen LogP contribution in [0, 0.1) is 0 Å². The summed E-state index contributed by atoms with van der Waals surface area (Å²) in [6.45, 7) is 0. The van der Waals surface area contributed by atoms with Gasteiger partial charge in [-0.2, -0.15) is 4.98 Å². The zero-order chi connectivity index (χ0) is 14.8. The smallest absolute Gasteiger partial charge is 0.230 e. The summed E-state index contributed by atoms with van der Waals surface area (Å²) in [5.74, 6) is 1.74. The van der Waals surface area contributed by atoms with Crippen molar-refractivity contribution in [2.75, 3.05) is 0 Å². The first-order chi connectivity index (χ1) is 10.9. The fourth-order valence-corrected chi connectivity index (χ4v) is 2.89. The van der Waals surface area contributed by atoms with E-state index in [1.165, 1.54) is 12.8 Å². The van der Waals surface area contributed by atoms with Gasteiger partial charge in [-0.3, -0.25) is 9.97 Å². The van der Waals surface area contributed by atoms with Crippen molar-refractivity contribution in [1.29, 1.82) is 0 Å². The van der Waals surface area contributed by atoms with Crippen LogP contribution in [0.2, 0.25) is 0 Å². The number of hydrogen-bond donors (Lipinski definition) is 0. The van der Waals surface area contributed by atoms with Crippen LogP contribution in [-0.2, 0) is 0 Å². The zero-order valence-corrected chi connectivity index (χ0v) is 12.1. The lowest BCUT2D eigenvalue weighted by molar-refractivity contribution is 0.354. The molecule has 22 heavy (non-hydrogen) atoms. The van der Waals surface area contributed by atoms with Crippen molar-refractivity contribution < 1.29 is 4.52 Å². The van der Waals surface area contributed by atoms with Crippen molar-refractivity contribution >= 4 is 0 Å². The minimum Gasteiger partial charge on any atom is -0.339 e. The maximum atomic E-state index is 5.40. The van der Waals surface area contributed by atoms with Crippen LogP contribution in [-0.4, -0.2) is 20.1 Å². The summed E-state index contributed by atoms with van der Waals surface area (Å²) in [5, 5.41) is 4.07. The van der Waals surface area contributed by atoms with E-state index in [1.807, 2.05) is 30.3 Å². The molecule has 5 nitrogen and oxygen atoms in total. The molecule has 1 aliphatic rings. The molecule has 5 heteroatoms. The third-order valence-electron chi connectivity index (χ3n) is 4.10. The highest BCUT2D eigenvalue weighted by atomic mass is 16.5. The Balaban J connectivity index is 1.58. The van der Waals surface area contributed by atoms with Crippen molar-refractivity contribution in [2.24, 2.45) is 0 Å². The molecule has 0 aromatic carbocycles. The Morgan fingerprint density at radius 3 is 2.59 bits per heavy atom. The van der Waals surface area contributed by atoms with E-state index in [9.17, 15) is 0 Å². The molecule has 0 aliphatic heterocycles. The maximum Gasteiger partial charge on any atom is 0.230 e. The molecule has 0 amide bonds. The van der Waals surface area contributed by atoms with Crippen LogP contribution in [0.1, 0.15) is 37.5 Å². The van der Waals surface area contributed by atoms with E-state index in [1.54, 1.807) is 12.4 Å². The lowest BCUT2D eigenvalue weighted by Gasteiger charge is -2.00. The van der Waals surface area contributed by atoms with Gasteiger partial charge in [-0.25, -0.2) is 0 Å². The van der Waals surface area contributed by atoms with Crippen LogP contribution in [0.3, 0.4) is 0 Å². The highest BCUT2D eigenvalue weighted by molar-refractivity contribution is 5.60. The quantitative estimate of drug-likeness (QED) is 0.733. The average molecular weight is 292 g/mol. The largest absolute Gasteiger partial charge is 0.339 e. The second-order valence-electron chi connectivity index (χ2n) is 5.58. The van der Waals surface area contributed by atoms with Gasteiger partial charge in [0.05, 0.1) is 5.69 Å². The van der Waals surface area contributed by atoms with Crippen LogP contribution in [0.5, 0.6) is 0 Å². The van der Waals surface area contributed by atoms with Gasteiger partial charge in [0.15, 0.2) is 0 Å². The average Bonchev–Trinajstić information content (AvgIpc) is 3.27. The van der Waals surface area contributed by atoms with Gasteiger partial charge in [0, 0.05) is 23.9 Å². The molecule has 110 valence electrons. The normalized spacial score (nSPS) is 15.3. The monoisotopic (exact) mass is 292 g/mol. The van der Waals surface area contributed by atoms with Gasteiger partial charge >= 0.3 is 0 Å². The van der Waals surface area contributed by atoms with Gasteiger partial charge in [0.2, 0.25) is 11.7 Å². The Bertz CT molecular complexity index is 746. The van der Waals surface area contributed by atoms with E-state index in [4.69, 9.17) is 4.52 Å². The second kappa shape index (κ2) is 5.67. The predicted molar refractivity (Wildman–Crippen MR) is 82.0 cm³/mol. The van der Waals surface area contributed by atoms with E-state index >= 15 is 0 Å². The standard InChI is InChI=1S/C17H16N4O/c1-2-6-12(5-1)17-20-16(21-22-17)15-9-8-13(11-19-15)14-7-3-4-10-18-14/h3-4,7-12H,1-2,5-6H2. The topological polar surface area (TPSA) is 64.7 Å². The lowest BCUT2D eigenvalue weighted by atomic mass is 10.1. The second-order valence-corrected chi connectivity index (χ2v) is 5.58. The van der Waals surface area contributed by atoms with Gasteiger partial charge in [0.1, 0.15) is 5.69 Å². The van der Waals surface area contributed by atoms with Crippen molar-refractivity contribution in [3.63, 3.8) is 0 Å². The van der Waals surface area contributed by atoms with Crippen molar-refractivity contribution in [1.82, 2.24) is 20.1 Å². The van der Waals surface area contributed by atoms with Gasteiger partial charge in [-0.15, -0.1) is 0 Å². The molecule has 0 atom stereocenters. The molecule has 1 saturated carbocycles. The number of rotatable bonds is 3. The molecule has 1 aliphatic carbocycles. The Kier molecular flexibility index (Phi) is 3.39. The van der Waals surface area contributed by atoms with E-state index in [2.05, 4.69) is 20.1 Å². The summed E-state index contributed by atoms with van der Waals surface area (Å²) in [7, 11) is 0. The molecule has 3 aromatic heterocycles. The minimum atomic E-state index is 0.425. The Morgan fingerprint density at radius 2 is 1.86 bits per heavy atom. The Labute approximate surface area is 128 Å². The molecular formula is C17H16N4O. The minimum absolute atomic E-state index is 0.425. The number of hydrogen-bond acceptors (Lipinski definition) is 5. The molecule has 0 radical (unpaired) electrons. The zero-order valence-electron chi connectivity index (χ0n) is 12.1. The fourth-order valence-electron chi connectivity index (χ4n) is 2.89. The Morgan fingerprint density at radius 1 is 0.955 bits per heavy atom. The van der Waals surface area contributed by atoms with Gasteiger partial charge < -0.3 is 4.52 Å². The first-order valence-corrected chi connectivity index (χ1v) is 7.61. The van der Waals surface area contributed by atoms with Crippen LogP contribution in [0.25, 0.3) is 22.8 Å². The Hall–Kier alpha value is -2.56. The van der Waals surface area contributed by atoms with Crippen LogP contribution >= 0.6 is 0 Å². The van der Waals surface area contributed by atoms with E-state index in [0.29, 0.717) is 11.7 Å². The molecule has 0 N–H and O–H groups in total. The highest BCUT2D eigenvalue weighted by Crippen LogP contribution is 2.33. The maximum absolute atomic E-state index is 5.40. The van der Waals surface area contributed by atoms with Gasteiger partial charge in [-0.05, 0) is 37.1 Å². The van der Waals surface area contributed by atoms with Crippen molar-refractivity contribution in [3.05, 3.63) is 48.6 Å². The molecule has 0 unspecified atom stereocenters. The fraction of sp³-hybridized carbons (Fsp3) is 0.294. The van der Waals surface area contributed by atoms with Crippen LogP contribution in [0.15, 0.2) is 47.2 Å². The molecular weight excluding hydrogens is 276 g/mol. The van der Waals surface area contributed by atoms with Crippen LogP contribution in [0.4, 0.5) is 0 Å². The summed E-state index contributed by atoms with van der Waals surface area (Å²) in [5.41, 5.74) is 2.61. The third kappa shape index (κ3) is 2.50. The van der Waals surface area contributed by atoms with Gasteiger partial charge in [0.25, 0.3) is 0 Å². The summed E-state index contributed by atoms with van der Waals surface area (Å²) in [6.07, 6.45) is 8.36. The number of aromatic nitrogens is 4. The predicted octanol–water partition coefficient (Wildman–Crippen LogP) is 3.85. The first kappa shape index (κ1) is 13.1. The first-order valence-electron chi connectivity index (χ1n) is 7.61. The highest BCUT2D eigenvalue weighted by Gasteiger charge is 2.23. The summed E-state index contributed by atoms with van der Waals surface area (Å²) in [6, 6.07) is 9.71. The molecule has 1 fully saturated rings. The molecule has 3 heterocycles. The molecule has 0 bridgehead atoms. The van der Waals surface area contributed by atoms with E-state index in [0.717, 1.165) is 35.7 Å². The summed E-state index contributed by atoms with van der Waals surface area (Å²) >= 11 is 0. The van der Waals surface area contributed by atoms with E-state index < -0.39 is 0 Å². The molecule has 0 saturated heterocycles. The molecule has 4 rings (SSSR count).